The zero-order valence-electron chi connectivity index (χ0n) is 11.9. The molecular formula is C15H22N2O2S. The smallest absolute Gasteiger partial charge is 0.177 e. The van der Waals surface area contributed by atoms with Crippen LogP contribution < -0.4 is 5.32 Å². The Balaban J connectivity index is 1.82. The Morgan fingerprint density at radius 3 is 2.75 bits per heavy atom. The van der Waals surface area contributed by atoms with E-state index in [1.54, 1.807) is 12.1 Å². The van der Waals surface area contributed by atoms with Gasteiger partial charge in [0.25, 0.3) is 0 Å². The molecule has 20 heavy (non-hydrogen) atoms. The minimum Gasteiger partial charge on any atom is -0.380 e. The van der Waals surface area contributed by atoms with E-state index in [0.29, 0.717) is 17.0 Å². The van der Waals surface area contributed by atoms with Gasteiger partial charge in [-0.3, -0.25) is 4.90 Å². The van der Waals surface area contributed by atoms with Gasteiger partial charge in [0.15, 0.2) is 9.84 Å². The van der Waals surface area contributed by atoms with Crippen molar-refractivity contribution >= 4 is 15.5 Å². The number of fused-ring (bicyclic) bond motifs is 1. The monoisotopic (exact) mass is 294 g/mol. The summed E-state index contributed by atoms with van der Waals surface area (Å²) in [7, 11) is -3.18. The van der Waals surface area contributed by atoms with Gasteiger partial charge < -0.3 is 5.32 Å². The maximum atomic E-state index is 11.9. The van der Waals surface area contributed by atoms with Crippen molar-refractivity contribution in [3.8, 4) is 0 Å². The van der Waals surface area contributed by atoms with E-state index in [0.717, 1.165) is 18.7 Å². The minimum atomic E-state index is -3.18. The molecule has 0 saturated carbocycles. The van der Waals surface area contributed by atoms with Crippen LogP contribution in [-0.4, -0.2) is 44.7 Å². The molecule has 0 aromatic heterocycles. The molecule has 2 atom stereocenters. The van der Waals surface area contributed by atoms with Crippen LogP contribution in [0.25, 0.3) is 0 Å². The van der Waals surface area contributed by atoms with E-state index in [1.807, 2.05) is 12.1 Å². The van der Waals surface area contributed by atoms with E-state index in [4.69, 9.17) is 0 Å². The Hall–Kier alpha value is -1.07. The third-order valence-electron chi connectivity index (χ3n) is 4.48. The summed E-state index contributed by atoms with van der Waals surface area (Å²) >= 11 is 0. The number of sulfone groups is 1. The molecule has 0 spiro atoms. The summed E-state index contributed by atoms with van der Waals surface area (Å²) in [6.45, 7) is 2.32. The highest BCUT2D eigenvalue weighted by Gasteiger charge is 2.35. The largest absolute Gasteiger partial charge is 0.380 e. The van der Waals surface area contributed by atoms with Crippen LogP contribution >= 0.6 is 0 Å². The second-order valence-corrected chi connectivity index (χ2v) is 7.89. The highest BCUT2D eigenvalue weighted by Crippen LogP contribution is 2.31. The fourth-order valence-electron chi connectivity index (χ4n) is 3.52. The molecule has 5 heteroatoms. The first kappa shape index (κ1) is 13.9. The number of hydrogen-bond donors (Lipinski definition) is 1. The topological polar surface area (TPSA) is 49.4 Å². The van der Waals surface area contributed by atoms with Crippen molar-refractivity contribution < 1.29 is 8.42 Å². The predicted octanol–water partition coefficient (Wildman–Crippen LogP) is 2.13. The summed E-state index contributed by atoms with van der Waals surface area (Å²) in [4.78, 5) is 2.96. The molecule has 1 aromatic rings. The summed E-state index contributed by atoms with van der Waals surface area (Å²) in [5, 5.41) is 3.49. The standard InChI is InChI=1S/C15H22N2O2S/c1-20(18,19)15-8-3-2-6-13(15)16-12-9-11-17-10-5-4-7-14(12)17/h2-3,6,8,12,14,16H,4-5,7,9-11H2,1H3. The molecule has 0 amide bonds. The fraction of sp³-hybridized carbons (Fsp3) is 0.600. The van der Waals surface area contributed by atoms with Gasteiger partial charge in [0.2, 0.25) is 0 Å². The minimum absolute atomic E-state index is 0.373. The van der Waals surface area contributed by atoms with Gasteiger partial charge >= 0.3 is 0 Å². The number of rotatable bonds is 3. The van der Waals surface area contributed by atoms with Gasteiger partial charge in [-0.2, -0.15) is 0 Å². The Labute approximate surface area is 121 Å². The SMILES string of the molecule is CS(=O)(=O)c1ccccc1NC1CCN2CCCCC12. The molecule has 2 heterocycles. The lowest BCUT2D eigenvalue weighted by molar-refractivity contribution is 0.192. The summed E-state index contributed by atoms with van der Waals surface area (Å²) in [5.41, 5.74) is 0.757. The lowest BCUT2D eigenvalue weighted by Crippen LogP contribution is -2.41. The molecule has 110 valence electrons. The lowest BCUT2D eigenvalue weighted by atomic mass is 9.99. The number of hydrogen-bond acceptors (Lipinski definition) is 4. The third-order valence-corrected chi connectivity index (χ3v) is 5.64. The van der Waals surface area contributed by atoms with Crippen LogP contribution in [0.5, 0.6) is 0 Å². The quantitative estimate of drug-likeness (QED) is 0.928. The molecule has 1 aromatic carbocycles. The Kier molecular flexibility index (Phi) is 3.73. The zero-order valence-corrected chi connectivity index (χ0v) is 12.7. The number of para-hydroxylation sites is 1. The lowest BCUT2D eigenvalue weighted by Gasteiger charge is -2.33. The Bertz CT molecular complexity index is 585. The number of nitrogens with zero attached hydrogens (tertiary/aromatic N) is 1. The molecule has 2 saturated heterocycles. The molecule has 2 fully saturated rings. The van der Waals surface area contributed by atoms with Crippen LogP contribution in [0.15, 0.2) is 29.2 Å². The Morgan fingerprint density at radius 1 is 1.15 bits per heavy atom. The van der Waals surface area contributed by atoms with Crippen molar-refractivity contribution in [2.24, 2.45) is 0 Å². The third kappa shape index (κ3) is 2.69. The first-order valence-electron chi connectivity index (χ1n) is 7.35. The van der Waals surface area contributed by atoms with E-state index in [2.05, 4.69) is 10.2 Å². The van der Waals surface area contributed by atoms with E-state index in [1.165, 1.54) is 32.1 Å². The van der Waals surface area contributed by atoms with E-state index < -0.39 is 9.84 Å². The second-order valence-electron chi connectivity index (χ2n) is 5.91. The van der Waals surface area contributed by atoms with Crippen LogP contribution in [-0.2, 0) is 9.84 Å². The Morgan fingerprint density at radius 2 is 1.95 bits per heavy atom. The van der Waals surface area contributed by atoms with Crippen LogP contribution in [0.4, 0.5) is 5.69 Å². The number of benzene rings is 1. The highest BCUT2D eigenvalue weighted by molar-refractivity contribution is 7.90. The van der Waals surface area contributed by atoms with Gasteiger partial charge in [0.1, 0.15) is 0 Å². The maximum absolute atomic E-state index is 11.9. The van der Waals surface area contributed by atoms with Gasteiger partial charge in [-0.25, -0.2) is 8.42 Å². The molecular weight excluding hydrogens is 272 g/mol. The summed E-state index contributed by atoms with van der Waals surface area (Å²) in [6, 6.07) is 8.18. The molecule has 0 aliphatic carbocycles. The van der Waals surface area contributed by atoms with Crippen molar-refractivity contribution in [3.63, 3.8) is 0 Å². The first-order valence-corrected chi connectivity index (χ1v) is 9.24. The van der Waals surface area contributed by atoms with E-state index >= 15 is 0 Å². The van der Waals surface area contributed by atoms with E-state index in [-0.39, 0.29) is 0 Å². The first-order chi connectivity index (χ1) is 9.55. The van der Waals surface area contributed by atoms with Gasteiger partial charge in [0.05, 0.1) is 10.6 Å². The number of piperidine rings is 1. The molecule has 1 N–H and O–H groups in total. The molecule has 3 rings (SSSR count). The predicted molar refractivity (Wildman–Crippen MR) is 80.8 cm³/mol. The zero-order chi connectivity index (χ0) is 14.2. The average molecular weight is 294 g/mol. The number of nitrogens with one attached hydrogen (secondary N) is 1. The van der Waals surface area contributed by atoms with Gasteiger partial charge in [-0.05, 0) is 37.9 Å². The normalized spacial score (nSPS) is 27.2. The molecule has 0 radical (unpaired) electrons. The van der Waals surface area contributed by atoms with Crippen LogP contribution in [0.1, 0.15) is 25.7 Å². The summed E-state index contributed by atoms with van der Waals surface area (Å²) < 4.78 is 23.7. The van der Waals surface area contributed by atoms with Crippen molar-refractivity contribution in [1.29, 1.82) is 0 Å². The van der Waals surface area contributed by atoms with Crippen molar-refractivity contribution in [1.82, 2.24) is 4.90 Å². The molecule has 2 aliphatic rings. The van der Waals surface area contributed by atoms with Crippen molar-refractivity contribution in [3.05, 3.63) is 24.3 Å². The maximum Gasteiger partial charge on any atom is 0.177 e. The molecule has 0 bridgehead atoms. The summed E-state index contributed by atoms with van der Waals surface area (Å²) in [6.07, 6.45) is 6.17. The second kappa shape index (κ2) is 5.37. The van der Waals surface area contributed by atoms with Gasteiger partial charge in [-0.15, -0.1) is 0 Å². The average Bonchev–Trinajstić information content (AvgIpc) is 2.82. The molecule has 2 unspecified atom stereocenters. The van der Waals surface area contributed by atoms with E-state index in [9.17, 15) is 8.42 Å². The fourth-order valence-corrected chi connectivity index (χ4v) is 4.38. The molecule has 2 aliphatic heterocycles. The summed E-state index contributed by atoms with van der Waals surface area (Å²) in [5.74, 6) is 0. The highest BCUT2D eigenvalue weighted by atomic mass is 32.2. The van der Waals surface area contributed by atoms with Crippen molar-refractivity contribution in [2.45, 2.75) is 42.7 Å². The number of anilines is 1. The van der Waals surface area contributed by atoms with Crippen molar-refractivity contribution in [2.75, 3.05) is 24.7 Å². The van der Waals surface area contributed by atoms with Crippen LogP contribution in [0.3, 0.4) is 0 Å². The van der Waals surface area contributed by atoms with Gasteiger partial charge in [-0.1, -0.05) is 18.6 Å². The molecule has 4 nitrogen and oxygen atoms in total. The van der Waals surface area contributed by atoms with Gasteiger partial charge in [0, 0.05) is 24.9 Å². The van der Waals surface area contributed by atoms with Crippen LogP contribution in [0.2, 0.25) is 0 Å². The van der Waals surface area contributed by atoms with Crippen LogP contribution in [0, 0.1) is 0 Å².